The van der Waals surface area contributed by atoms with Gasteiger partial charge in [-0.3, -0.25) is 4.72 Å². The molecule has 0 aliphatic rings. The summed E-state index contributed by atoms with van der Waals surface area (Å²) in [5.41, 5.74) is 2.49. The third kappa shape index (κ3) is 2.58. The Morgan fingerprint density at radius 2 is 2.08 bits per heavy atom. The quantitative estimate of drug-likeness (QED) is 0.715. The summed E-state index contributed by atoms with van der Waals surface area (Å²) in [6.07, 6.45) is 1.55. The van der Waals surface area contributed by atoms with Crippen LogP contribution in [-0.4, -0.2) is 13.4 Å². The third-order valence-corrected chi connectivity index (χ3v) is 5.03. The average molecular weight is 336 g/mol. The molecule has 1 heterocycles. The number of hydrogen-bond acceptors (Lipinski definition) is 3. The summed E-state index contributed by atoms with van der Waals surface area (Å²) in [5.74, 6) is 0. The first kappa shape index (κ1) is 15.6. The summed E-state index contributed by atoms with van der Waals surface area (Å²) >= 11 is 0. The van der Waals surface area contributed by atoms with Crippen LogP contribution in [0.15, 0.2) is 47.5 Å². The van der Waals surface area contributed by atoms with E-state index >= 15 is 0 Å². The zero-order valence-electron chi connectivity index (χ0n) is 12.7. The highest BCUT2D eigenvalue weighted by atomic mass is 32.2. The van der Waals surface area contributed by atoms with Crippen LogP contribution in [0.2, 0.25) is 0 Å². The lowest BCUT2D eigenvalue weighted by atomic mass is 10.1. The van der Waals surface area contributed by atoms with Crippen molar-refractivity contribution in [3.63, 3.8) is 0 Å². The molecule has 6 nitrogen and oxygen atoms in total. The maximum absolute atomic E-state index is 12.6. The summed E-state index contributed by atoms with van der Waals surface area (Å²) in [5, 5.41) is 9.86. The van der Waals surface area contributed by atoms with E-state index in [9.17, 15) is 13.7 Å². The number of aromatic nitrogens is 1. The predicted octanol–water partition coefficient (Wildman–Crippen LogP) is 3.70. The summed E-state index contributed by atoms with van der Waals surface area (Å²) in [6.45, 7) is 8.85. The lowest BCUT2D eigenvalue weighted by Crippen LogP contribution is -2.13. The van der Waals surface area contributed by atoms with Gasteiger partial charge in [-0.1, -0.05) is 18.2 Å². The maximum Gasteiger partial charge on any atom is 0.260 e. The van der Waals surface area contributed by atoms with Crippen molar-refractivity contribution in [1.29, 1.82) is 5.26 Å². The van der Waals surface area contributed by atoms with Crippen LogP contribution < -0.4 is 4.72 Å². The zero-order valence-corrected chi connectivity index (χ0v) is 13.5. The Balaban J connectivity index is 2.10. The second-order valence-electron chi connectivity index (χ2n) is 5.21. The number of fused-ring (bicyclic) bond motifs is 1. The standard InChI is InChI=1S/C17H12N4O2S/c1-11-6-7-15(17-16(11)12(9-18)10-20-17)21-24(22,23)14-5-3-4-13(8-14)19-2/h3-8,10,20-21H,1H3. The number of aryl methyl sites for hydroxylation is 1. The molecule has 118 valence electrons. The van der Waals surface area contributed by atoms with Crippen LogP contribution in [0, 0.1) is 24.8 Å². The van der Waals surface area contributed by atoms with Crippen molar-refractivity contribution in [3.8, 4) is 6.07 Å². The number of anilines is 1. The van der Waals surface area contributed by atoms with Crippen molar-refractivity contribution in [1.82, 2.24) is 4.98 Å². The van der Waals surface area contributed by atoms with E-state index < -0.39 is 10.0 Å². The second kappa shape index (κ2) is 5.73. The number of sulfonamides is 1. The molecule has 0 aliphatic carbocycles. The van der Waals surface area contributed by atoms with Gasteiger partial charge in [-0.25, -0.2) is 13.3 Å². The molecule has 0 unspecified atom stereocenters. The van der Waals surface area contributed by atoms with Gasteiger partial charge in [0, 0.05) is 11.6 Å². The minimum absolute atomic E-state index is 0.0109. The largest absolute Gasteiger partial charge is 0.358 e. The first-order chi connectivity index (χ1) is 11.5. The Hall–Kier alpha value is -3.29. The topological polar surface area (TPSA) is 90.1 Å². The highest BCUT2D eigenvalue weighted by molar-refractivity contribution is 7.92. The van der Waals surface area contributed by atoms with Crippen LogP contribution >= 0.6 is 0 Å². The Kier molecular flexibility index (Phi) is 3.72. The fourth-order valence-corrected chi connectivity index (χ4v) is 3.63. The average Bonchev–Trinajstić information content (AvgIpc) is 3.02. The predicted molar refractivity (Wildman–Crippen MR) is 91.3 cm³/mol. The summed E-state index contributed by atoms with van der Waals surface area (Å²) in [4.78, 5) is 6.20. The Labute approximate surface area is 139 Å². The molecule has 1 aromatic heterocycles. The Morgan fingerprint density at radius 3 is 2.79 bits per heavy atom. The Morgan fingerprint density at radius 1 is 1.29 bits per heavy atom. The molecule has 3 aromatic rings. The molecule has 0 saturated carbocycles. The molecule has 7 heteroatoms. The van der Waals surface area contributed by atoms with Crippen molar-refractivity contribution in [2.45, 2.75) is 11.8 Å². The number of nitrogens with zero attached hydrogens (tertiary/aromatic N) is 2. The Bertz CT molecular complexity index is 1130. The molecule has 2 aromatic carbocycles. The van der Waals surface area contributed by atoms with Crippen LogP contribution in [-0.2, 0) is 10.0 Å². The molecule has 0 radical (unpaired) electrons. The number of nitrogens with one attached hydrogen (secondary N) is 2. The lowest BCUT2D eigenvalue weighted by molar-refractivity contribution is 0.601. The maximum atomic E-state index is 12.6. The van der Waals surface area contributed by atoms with Gasteiger partial charge in [-0.2, -0.15) is 5.26 Å². The van der Waals surface area contributed by atoms with Crippen LogP contribution in [0.3, 0.4) is 0 Å². The van der Waals surface area contributed by atoms with Gasteiger partial charge in [-0.15, -0.1) is 0 Å². The molecule has 24 heavy (non-hydrogen) atoms. The highest BCUT2D eigenvalue weighted by Crippen LogP contribution is 2.30. The van der Waals surface area contributed by atoms with Gasteiger partial charge in [-0.05, 0) is 30.7 Å². The first-order valence-corrected chi connectivity index (χ1v) is 8.45. The van der Waals surface area contributed by atoms with Gasteiger partial charge < -0.3 is 4.98 Å². The van der Waals surface area contributed by atoms with Crippen LogP contribution in [0.4, 0.5) is 11.4 Å². The van der Waals surface area contributed by atoms with Crippen LogP contribution in [0.1, 0.15) is 11.1 Å². The number of aromatic amines is 1. The highest BCUT2D eigenvalue weighted by Gasteiger charge is 2.18. The van der Waals surface area contributed by atoms with Crippen molar-refractivity contribution in [3.05, 3.63) is 65.1 Å². The van der Waals surface area contributed by atoms with Crippen molar-refractivity contribution >= 4 is 32.3 Å². The van der Waals surface area contributed by atoms with Crippen molar-refractivity contribution < 1.29 is 8.42 Å². The number of H-pyrrole nitrogens is 1. The van der Waals surface area contributed by atoms with Crippen LogP contribution in [0.25, 0.3) is 15.7 Å². The van der Waals surface area contributed by atoms with Gasteiger partial charge >= 0.3 is 0 Å². The van der Waals surface area contributed by atoms with Gasteiger partial charge in [0.25, 0.3) is 10.0 Å². The lowest BCUT2D eigenvalue weighted by Gasteiger charge is -2.10. The van der Waals surface area contributed by atoms with Gasteiger partial charge in [0.2, 0.25) is 0 Å². The number of hydrogen-bond donors (Lipinski definition) is 2. The van der Waals surface area contributed by atoms with E-state index in [0.29, 0.717) is 22.2 Å². The minimum atomic E-state index is -3.84. The smallest absolute Gasteiger partial charge is 0.260 e. The number of benzene rings is 2. The van der Waals surface area contributed by atoms with E-state index in [1.165, 1.54) is 18.2 Å². The molecular formula is C17H12N4O2S. The first-order valence-electron chi connectivity index (χ1n) is 6.97. The normalized spacial score (nSPS) is 11.0. The van der Waals surface area contributed by atoms with E-state index in [0.717, 1.165) is 5.56 Å². The van der Waals surface area contributed by atoms with Crippen LogP contribution in [0.5, 0.6) is 0 Å². The van der Waals surface area contributed by atoms with E-state index in [4.69, 9.17) is 6.57 Å². The number of nitriles is 1. The van der Waals surface area contributed by atoms with E-state index in [1.54, 1.807) is 24.4 Å². The summed E-state index contributed by atoms with van der Waals surface area (Å²) in [7, 11) is -3.84. The van der Waals surface area contributed by atoms with E-state index in [2.05, 4.69) is 20.6 Å². The monoisotopic (exact) mass is 336 g/mol. The molecule has 0 bridgehead atoms. The SMILES string of the molecule is [C-]#[N+]c1cccc(S(=O)(=O)Nc2ccc(C)c3c(C#N)c[nH]c23)c1. The molecule has 0 spiro atoms. The molecule has 3 rings (SSSR count). The molecule has 0 fully saturated rings. The molecule has 0 aliphatic heterocycles. The second-order valence-corrected chi connectivity index (χ2v) is 6.89. The summed E-state index contributed by atoms with van der Waals surface area (Å²) < 4.78 is 27.7. The van der Waals surface area contributed by atoms with Gasteiger partial charge in [0.15, 0.2) is 5.69 Å². The van der Waals surface area contributed by atoms with E-state index in [1.807, 2.05) is 6.92 Å². The molecule has 2 N–H and O–H groups in total. The van der Waals surface area contributed by atoms with Crippen molar-refractivity contribution in [2.24, 2.45) is 0 Å². The molecule has 0 saturated heterocycles. The fraction of sp³-hybridized carbons (Fsp3) is 0.0588. The number of rotatable bonds is 3. The molecule has 0 atom stereocenters. The minimum Gasteiger partial charge on any atom is -0.358 e. The van der Waals surface area contributed by atoms with Crippen molar-refractivity contribution in [2.75, 3.05) is 4.72 Å². The van der Waals surface area contributed by atoms with E-state index in [-0.39, 0.29) is 10.6 Å². The van der Waals surface area contributed by atoms with Gasteiger partial charge in [0.05, 0.1) is 28.2 Å². The molecule has 0 amide bonds. The molecular weight excluding hydrogens is 324 g/mol. The fourth-order valence-electron chi connectivity index (χ4n) is 2.52. The van der Waals surface area contributed by atoms with Gasteiger partial charge in [0.1, 0.15) is 6.07 Å². The summed E-state index contributed by atoms with van der Waals surface area (Å²) in [6, 6.07) is 11.3. The third-order valence-electron chi connectivity index (χ3n) is 3.67. The zero-order chi connectivity index (χ0) is 17.3.